The molecule has 0 fully saturated rings. The molecule has 0 unspecified atom stereocenters. The van der Waals surface area contributed by atoms with Crippen molar-refractivity contribution < 1.29 is 19.0 Å². The predicted octanol–water partition coefficient (Wildman–Crippen LogP) is 2.89. The van der Waals surface area contributed by atoms with Gasteiger partial charge in [-0.15, -0.1) is 0 Å². The number of esters is 1. The summed E-state index contributed by atoms with van der Waals surface area (Å²) in [5, 5.41) is 3.38. The van der Waals surface area contributed by atoms with Crippen molar-refractivity contribution in [1.29, 1.82) is 0 Å². The van der Waals surface area contributed by atoms with Gasteiger partial charge in [-0.2, -0.15) is 0 Å². The quantitative estimate of drug-likeness (QED) is 0.559. The van der Waals surface area contributed by atoms with E-state index in [-0.39, 0.29) is 31.3 Å². The van der Waals surface area contributed by atoms with Crippen molar-refractivity contribution in [2.24, 2.45) is 0 Å². The molecular formula is C18H29NO4. The lowest BCUT2D eigenvalue weighted by molar-refractivity contribution is -0.157. The van der Waals surface area contributed by atoms with Gasteiger partial charge in [0.15, 0.2) is 0 Å². The number of hydrogen-bond acceptors (Lipinski definition) is 5. The summed E-state index contributed by atoms with van der Waals surface area (Å²) in [6, 6.07) is 9.89. The van der Waals surface area contributed by atoms with Gasteiger partial charge in [-0.25, -0.2) is 0 Å². The van der Waals surface area contributed by atoms with Crippen molar-refractivity contribution in [3.63, 3.8) is 0 Å². The molecule has 1 aromatic carbocycles. The fraction of sp³-hybridized carbons (Fsp3) is 0.611. The summed E-state index contributed by atoms with van der Waals surface area (Å²) in [7, 11) is 1.58. The van der Waals surface area contributed by atoms with E-state index in [0.717, 1.165) is 5.56 Å². The molecule has 0 saturated carbocycles. The van der Waals surface area contributed by atoms with Gasteiger partial charge >= 0.3 is 5.97 Å². The standard InChI is InChI=1S/C18H29NO4/c1-14(22-13-21-5)16(11-17(20)23-18(2,3)4)19-12-15-9-7-6-8-10-15/h6-10,14,16,19H,11-13H2,1-5H3/t14-,16-/m0/s1. The maximum Gasteiger partial charge on any atom is 0.307 e. The van der Waals surface area contributed by atoms with Gasteiger partial charge in [-0.3, -0.25) is 4.79 Å². The van der Waals surface area contributed by atoms with E-state index in [4.69, 9.17) is 14.2 Å². The van der Waals surface area contributed by atoms with Gasteiger partial charge in [0.25, 0.3) is 0 Å². The molecular weight excluding hydrogens is 294 g/mol. The summed E-state index contributed by atoms with van der Waals surface area (Å²) in [4.78, 5) is 12.1. The number of rotatable bonds is 9. The number of methoxy groups -OCH3 is 1. The summed E-state index contributed by atoms with van der Waals surface area (Å²) < 4.78 is 15.9. The van der Waals surface area contributed by atoms with E-state index in [1.165, 1.54) is 0 Å². The van der Waals surface area contributed by atoms with Gasteiger partial charge < -0.3 is 19.5 Å². The Hall–Kier alpha value is -1.43. The molecule has 0 radical (unpaired) electrons. The molecule has 5 nitrogen and oxygen atoms in total. The van der Waals surface area contributed by atoms with Crippen LogP contribution in [0.15, 0.2) is 30.3 Å². The van der Waals surface area contributed by atoms with Crippen LogP contribution in [0.4, 0.5) is 0 Å². The van der Waals surface area contributed by atoms with Crippen LogP contribution in [-0.4, -0.2) is 37.6 Å². The number of nitrogens with one attached hydrogen (secondary N) is 1. The van der Waals surface area contributed by atoms with Crippen molar-refractivity contribution in [1.82, 2.24) is 5.32 Å². The molecule has 0 heterocycles. The highest BCUT2D eigenvalue weighted by atomic mass is 16.7. The maximum absolute atomic E-state index is 12.1. The van der Waals surface area contributed by atoms with E-state index in [1.54, 1.807) is 7.11 Å². The Balaban J connectivity index is 2.62. The summed E-state index contributed by atoms with van der Waals surface area (Å²) >= 11 is 0. The van der Waals surface area contributed by atoms with Crippen LogP contribution in [0.5, 0.6) is 0 Å². The highest BCUT2D eigenvalue weighted by molar-refractivity contribution is 5.70. The van der Waals surface area contributed by atoms with Crippen molar-refractivity contribution in [3.8, 4) is 0 Å². The van der Waals surface area contributed by atoms with E-state index in [1.807, 2.05) is 58.0 Å². The van der Waals surface area contributed by atoms with Crippen molar-refractivity contribution in [2.45, 2.75) is 58.4 Å². The Bertz CT molecular complexity index is 456. The Labute approximate surface area is 139 Å². The summed E-state index contributed by atoms with van der Waals surface area (Å²) in [6.45, 7) is 8.37. The lowest BCUT2D eigenvalue weighted by Crippen LogP contribution is -2.42. The highest BCUT2D eigenvalue weighted by Gasteiger charge is 2.24. The van der Waals surface area contributed by atoms with E-state index in [2.05, 4.69) is 5.32 Å². The monoisotopic (exact) mass is 323 g/mol. The molecule has 0 spiro atoms. The largest absolute Gasteiger partial charge is 0.460 e. The molecule has 0 saturated heterocycles. The average Bonchev–Trinajstić information content (AvgIpc) is 2.48. The average molecular weight is 323 g/mol. The highest BCUT2D eigenvalue weighted by Crippen LogP contribution is 2.12. The molecule has 0 aliphatic heterocycles. The molecule has 2 atom stereocenters. The van der Waals surface area contributed by atoms with Crippen LogP contribution in [0.25, 0.3) is 0 Å². The zero-order valence-corrected chi connectivity index (χ0v) is 14.8. The molecule has 0 bridgehead atoms. The van der Waals surface area contributed by atoms with Crippen LogP contribution >= 0.6 is 0 Å². The van der Waals surface area contributed by atoms with Gasteiger partial charge in [0.2, 0.25) is 0 Å². The molecule has 0 aliphatic carbocycles. The molecule has 5 heteroatoms. The first-order valence-corrected chi connectivity index (χ1v) is 7.91. The second-order valence-corrected chi connectivity index (χ2v) is 6.54. The molecule has 1 N–H and O–H groups in total. The number of ether oxygens (including phenoxy) is 3. The molecule has 23 heavy (non-hydrogen) atoms. The number of carbonyl (C=O) groups excluding carboxylic acids is 1. The zero-order chi connectivity index (χ0) is 17.3. The van der Waals surface area contributed by atoms with E-state index >= 15 is 0 Å². The molecule has 1 aromatic rings. The van der Waals surface area contributed by atoms with Gasteiger partial charge in [-0.1, -0.05) is 30.3 Å². The Kier molecular flexibility index (Phi) is 8.23. The minimum Gasteiger partial charge on any atom is -0.460 e. The summed E-state index contributed by atoms with van der Waals surface area (Å²) in [6.07, 6.45) is 0.0702. The number of benzene rings is 1. The Morgan fingerprint density at radius 1 is 1.22 bits per heavy atom. The van der Waals surface area contributed by atoms with Crippen LogP contribution in [-0.2, 0) is 25.5 Å². The van der Waals surface area contributed by atoms with Gasteiger partial charge in [0, 0.05) is 19.7 Å². The van der Waals surface area contributed by atoms with Crippen LogP contribution in [0.2, 0.25) is 0 Å². The number of carbonyl (C=O) groups is 1. The fourth-order valence-electron chi connectivity index (χ4n) is 2.10. The third kappa shape index (κ3) is 8.69. The van der Waals surface area contributed by atoms with E-state index in [9.17, 15) is 4.79 Å². The lowest BCUT2D eigenvalue weighted by atomic mass is 10.1. The molecule has 0 aliphatic rings. The summed E-state index contributed by atoms with van der Waals surface area (Å²) in [5.41, 5.74) is 0.665. The van der Waals surface area contributed by atoms with Crippen LogP contribution in [0.3, 0.4) is 0 Å². The van der Waals surface area contributed by atoms with Crippen LogP contribution < -0.4 is 5.32 Å². The minimum absolute atomic E-state index is 0.153. The van der Waals surface area contributed by atoms with Crippen molar-refractivity contribution >= 4 is 5.97 Å². The Morgan fingerprint density at radius 3 is 2.43 bits per heavy atom. The van der Waals surface area contributed by atoms with Crippen molar-refractivity contribution in [3.05, 3.63) is 35.9 Å². The van der Waals surface area contributed by atoms with E-state index in [0.29, 0.717) is 6.54 Å². The smallest absolute Gasteiger partial charge is 0.307 e. The first-order valence-electron chi connectivity index (χ1n) is 7.91. The first-order chi connectivity index (χ1) is 10.8. The topological polar surface area (TPSA) is 56.8 Å². The second-order valence-electron chi connectivity index (χ2n) is 6.54. The third-order valence-electron chi connectivity index (χ3n) is 3.23. The van der Waals surface area contributed by atoms with Crippen LogP contribution in [0.1, 0.15) is 39.7 Å². The van der Waals surface area contributed by atoms with Crippen molar-refractivity contribution in [2.75, 3.05) is 13.9 Å². The SMILES string of the molecule is COCO[C@@H](C)[C@H](CC(=O)OC(C)(C)C)NCc1ccccc1. The third-order valence-corrected chi connectivity index (χ3v) is 3.23. The predicted molar refractivity (Wildman–Crippen MR) is 90.0 cm³/mol. The second kappa shape index (κ2) is 9.65. The van der Waals surface area contributed by atoms with Gasteiger partial charge in [0.05, 0.1) is 12.5 Å². The molecule has 130 valence electrons. The summed E-state index contributed by atoms with van der Waals surface area (Å²) in [5.74, 6) is -0.240. The zero-order valence-electron chi connectivity index (χ0n) is 14.8. The Morgan fingerprint density at radius 2 is 1.87 bits per heavy atom. The normalized spacial score (nSPS) is 14.3. The molecule has 0 amide bonds. The van der Waals surface area contributed by atoms with Gasteiger partial charge in [-0.05, 0) is 33.3 Å². The lowest BCUT2D eigenvalue weighted by Gasteiger charge is -2.27. The van der Waals surface area contributed by atoms with Crippen LogP contribution in [0, 0.1) is 0 Å². The maximum atomic E-state index is 12.1. The minimum atomic E-state index is -0.488. The fourth-order valence-corrected chi connectivity index (χ4v) is 2.10. The molecule has 1 rings (SSSR count). The van der Waals surface area contributed by atoms with E-state index < -0.39 is 5.60 Å². The molecule has 0 aromatic heterocycles. The van der Waals surface area contributed by atoms with Gasteiger partial charge in [0.1, 0.15) is 12.4 Å². The number of hydrogen-bond donors (Lipinski definition) is 1. The first kappa shape index (κ1) is 19.6.